The number of hydrogen-bond acceptors (Lipinski definition) is 1. The van der Waals surface area contributed by atoms with E-state index in [2.05, 4.69) is 71.8 Å². The first-order valence-corrected chi connectivity index (χ1v) is 19.7. The molecule has 0 aliphatic carbocycles. The first kappa shape index (κ1) is 38.6. The fourth-order valence-electron chi connectivity index (χ4n) is 8.81. The van der Waals surface area contributed by atoms with Crippen molar-refractivity contribution in [3.8, 4) is 44.9 Å². The fraction of sp³-hybridized carbons (Fsp3) is 0.0769. The molecule has 10 rings (SSSR count). The largest absolute Gasteiger partial charge is 0.417 e. The molecule has 0 N–H and O–H groups in total. The van der Waals surface area contributed by atoms with Crippen LogP contribution in [0.1, 0.15) is 22.3 Å². The van der Waals surface area contributed by atoms with Gasteiger partial charge in [-0.3, -0.25) is 4.57 Å². The van der Waals surface area contributed by atoms with Crippen LogP contribution in [0.25, 0.3) is 93.3 Å². The van der Waals surface area contributed by atoms with Crippen molar-refractivity contribution in [3.05, 3.63) is 192 Å². The number of benzene rings is 7. The lowest BCUT2D eigenvalue weighted by atomic mass is 9.96. The third-order valence-electron chi connectivity index (χ3n) is 11.6. The number of para-hydroxylation sites is 2. The smallest absolute Gasteiger partial charge is 0.307 e. The van der Waals surface area contributed by atoms with Crippen LogP contribution in [0.5, 0.6) is 0 Å². The number of aromatic nitrogens is 3. The monoisotopic (exact) mass is 826 g/mol. The van der Waals surface area contributed by atoms with Gasteiger partial charge in [0.2, 0.25) is 0 Å². The molecule has 0 aliphatic heterocycles. The lowest BCUT2D eigenvalue weighted by Crippen LogP contribution is -2.12. The highest BCUT2D eigenvalue weighted by molar-refractivity contribution is 6.12. The molecule has 7 aromatic carbocycles. The summed E-state index contributed by atoms with van der Waals surface area (Å²) in [5, 5.41) is 3.63. The quantitative estimate of drug-likeness (QED) is 0.125. The molecule has 302 valence electrons. The molecule has 0 atom stereocenters. The Kier molecular flexibility index (Phi) is 8.85. The standard InChI is InChI=1S/C52H32F6N4/c1-30-12-20-37(31(2)24-30)33-15-21-42-40-9-5-7-11-46(40)62(48(42)25-33)50-28-43(32-13-18-36(59-3)19-14-32)49(29-60-50)61-45-10-6-4-8-39(45)41-22-16-34(26-47(41)61)38-23-17-35(51(53,54)55)27-44(38)52(56,57)58/h4-29H,1-2H3. The molecule has 0 radical (unpaired) electrons. The van der Waals surface area contributed by atoms with Gasteiger partial charge in [-0.25, -0.2) is 9.83 Å². The second-order valence-electron chi connectivity index (χ2n) is 15.5. The average Bonchev–Trinajstić information content (AvgIpc) is 3.77. The van der Waals surface area contributed by atoms with Crippen LogP contribution in [0.15, 0.2) is 158 Å². The molecule has 0 unspecified atom stereocenters. The van der Waals surface area contributed by atoms with Crippen molar-refractivity contribution < 1.29 is 26.3 Å². The predicted octanol–water partition coefficient (Wildman–Crippen LogP) is 15.5. The van der Waals surface area contributed by atoms with Gasteiger partial charge in [-0.05, 0) is 89.7 Å². The SMILES string of the molecule is [C-]#[N+]c1ccc(-c2cc(-n3c4ccccc4c4ccc(-c5ccc(C)cc5C)cc43)ncc2-n2c3ccccc3c3ccc(-c4ccc(C(F)(F)F)cc4C(F)(F)F)cc32)cc1. The van der Waals surface area contributed by atoms with Crippen LogP contribution in [0.4, 0.5) is 32.0 Å². The number of alkyl halides is 6. The van der Waals surface area contributed by atoms with Crippen LogP contribution in [0.2, 0.25) is 0 Å². The highest BCUT2D eigenvalue weighted by Crippen LogP contribution is 2.44. The van der Waals surface area contributed by atoms with Crippen LogP contribution in [0, 0.1) is 20.4 Å². The highest BCUT2D eigenvalue weighted by atomic mass is 19.4. The Hall–Kier alpha value is -7.64. The second-order valence-corrected chi connectivity index (χ2v) is 15.5. The minimum Gasteiger partial charge on any atom is -0.307 e. The summed E-state index contributed by atoms with van der Waals surface area (Å²) in [5.74, 6) is 0.614. The van der Waals surface area contributed by atoms with Gasteiger partial charge in [-0.1, -0.05) is 115 Å². The fourth-order valence-corrected chi connectivity index (χ4v) is 8.81. The Bertz CT molecular complexity index is 3470. The van der Waals surface area contributed by atoms with Crippen LogP contribution in [-0.4, -0.2) is 14.1 Å². The number of hydrogen-bond donors (Lipinski definition) is 0. The Morgan fingerprint density at radius 3 is 1.68 bits per heavy atom. The van der Waals surface area contributed by atoms with Gasteiger partial charge in [-0.15, -0.1) is 0 Å². The maximum absolute atomic E-state index is 14.5. The summed E-state index contributed by atoms with van der Waals surface area (Å²) in [6, 6.07) is 44.3. The second kappa shape index (κ2) is 14.2. The summed E-state index contributed by atoms with van der Waals surface area (Å²) in [6.07, 6.45) is -8.27. The molecule has 10 aromatic rings. The molecule has 10 heteroatoms. The van der Waals surface area contributed by atoms with Gasteiger partial charge < -0.3 is 4.57 Å². The van der Waals surface area contributed by atoms with Crippen molar-refractivity contribution in [1.29, 1.82) is 0 Å². The highest BCUT2D eigenvalue weighted by Gasteiger charge is 2.38. The summed E-state index contributed by atoms with van der Waals surface area (Å²) in [5.41, 5.74) is 7.14. The van der Waals surface area contributed by atoms with Crippen LogP contribution in [-0.2, 0) is 12.4 Å². The summed E-state index contributed by atoms with van der Waals surface area (Å²) >= 11 is 0. The molecule has 62 heavy (non-hydrogen) atoms. The first-order valence-electron chi connectivity index (χ1n) is 19.7. The molecule has 4 nitrogen and oxygen atoms in total. The van der Waals surface area contributed by atoms with E-state index in [-0.39, 0.29) is 17.2 Å². The summed E-state index contributed by atoms with van der Waals surface area (Å²) in [4.78, 5) is 8.74. The Labute approximate surface area is 351 Å². The Morgan fingerprint density at radius 2 is 1.06 bits per heavy atom. The van der Waals surface area contributed by atoms with E-state index in [4.69, 9.17) is 11.6 Å². The van der Waals surface area contributed by atoms with E-state index < -0.39 is 23.5 Å². The number of pyridine rings is 1. The van der Waals surface area contributed by atoms with Gasteiger partial charge >= 0.3 is 12.4 Å². The third kappa shape index (κ3) is 6.36. The average molecular weight is 827 g/mol. The van der Waals surface area contributed by atoms with Gasteiger partial charge in [0.15, 0.2) is 5.69 Å². The van der Waals surface area contributed by atoms with Crippen LogP contribution in [0.3, 0.4) is 0 Å². The third-order valence-corrected chi connectivity index (χ3v) is 11.6. The van der Waals surface area contributed by atoms with Crippen molar-refractivity contribution in [3.63, 3.8) is 0 Å². The number of halogens is 6. The van der Waals surface area contributed by atoms with Gasteiger partial charge in [0.05, 0.1) is 51.7 Å². The lowest BCUT2D eigenvalue weighted by molar-refractivity contribution is -0.142. The maximum atomic E-state index is 14.5. The van der Waals surface area contributed by atoms with Crippen molar-refractivity contribution in [2.45, 2.75) is 26.2 Å². The molecule has 0 amide bonds. The molecule has 0 bridgehead atoms. The van der Waals surface area contributed by atoms with Crippen molar-refractivity contribution >= 4 is 49.3 Å². The van der Waals surface area contributed by atoms with Crippen molar-refractivity contribution in [1.82, 2.24) is 14.1 Å². The van der Waals surface area contributed by atoms with Crippen LogP contribution < -0.4 is 0 Å². The number of rotatable bonds is 5. The molecule has 0 fully saturated rings. The van der Waals surface area contributed by atoms with E-state index in [0.717, 1.165) is 72.0 Å². The molecule has 0 saturated carbocycles. The zero-order valence-corrected chi connectivity index (χ0v) is 33.1. The van der Waals surface area contributed by atoms with E-state index in [9.17, 15) is 26.3 Å². The van der Waals surface area contributed by atoms with Crippen molar-refractivity contribution in [2.75, 3.05) is 0 Å². The minimum absolute atomic E-state index is 0.0973. The van der Waals surface area contributed by atoms with E-state index in [1.165, 1.54) is 11.6 Å². The number of fused-ring (bicyclic) bond motifs is 6. The summed E-state index contributed by atoms with van der Waals surface area (Å²) in [6.45, 7) is 11.8. The lowest BCUT2D eigenvalue weighted by Gasteiger charge is -2.18. The van der Waals surface area contributed by atoms with Gasteiger partial charge in [-0.2, -0.15) is 26.3 Å². The molecule has 0 saturated heterocycles. The van der Waals surface area contributed by atoms with E-state index in [1.807, 2.05) is 59.2 Å². The zero-order chi connectivity index (χ0) is 43.1. The Balaban J connectivity index is 1.24. The summed E-state index contributed by atoms with van der Waals surface area (Å²) < 4.78 is 88.6. The Morgan fingerprint density at radius 1 is 0.500 bits per heavy atom. The zero-order valence-electron chi connectivity index (χ0n) is 33.1. The van der Waals surface area contributed by atoms with Gasteiger partial charge in [0.1, 0.15) is 5.82 Å². The molecule has 3 heterocycles. The molecular formula is C52H32F6N4. The first-order chi connectivity index (χ1) is 29.8. The number of aryl methyl sites for hydroxylation is 2. The maximum Gasteiger partial charge on any atom is 0.417 e. The van der Waals surface area contributed by atoms with Gasteiger partial charge in [0.25, 0.3) is 0 Å². The molecule has 0 spiro atoms. The van der Waals surface area contributed by atoms with E-state index in [0.29, 0.717) is 28.8 Å². The normalized spacial score (nSPS) is 12.2. The molecule has 0 aliphatic rings. The predicted molar refractivity (Wildman–Crippen MR) is 235 cm³/mol. The summed E-state index contributed by atoms with van der Waals surface area (Å²) in [7, 11) is 0. The van der Waals surface area contributed by atoms with E-state index in [1.54, 1.807) is 30.5 Å². The molecular weight excluding hydrogens is 795 g/mol. The van der Waals surface area contributed by atoms with E-state index >= 15 is 0 Å². The van der Waals surface area contributed by atoms with Gasteiger partial charge in [0, 0.05) is 27.1 Å². The molecule has 3 aromatic heterocycles. The number of nitrogens with zero attached hydrogens (tertiary/aromatic N) is 4. The van der Waals surface area contributed by atoms with Crippen molar-refractivity contribution in [2.24, 2.45) is 0 Å². The topological polar surface area (TPSA) is 27.1 Å². The van der Waals surface area contributed by atoms with Crippen LogP contribution >= 0.6 is 0 Å². The minimum atomic E-state index is -5.06.